The third-order valence-electron chi connectivity index (χ3n) is 2.93. The SMILES string of the molecule is N[C@H](C(=O)N1CCCC1)[C@@H](O)c1ccoc1. The Labute approximate surface area is 93.8 Å². The molecular weight excluding hydrogens is 208 g/mol. The van der Waals surface area contributed by atoms with Gasteiger partial charge in [0.15, 0.2) is 0 Å². The first-order valence-corrected chi connectivity index (χ1v) is 5.44. The molecule has 2 atom stereocenters. The maximum absolute atomic E-state index is 11.9. The molecule has 1 aliphatic rings. The summed E-state index contributed by atoms with van der Waals surface area (Å²) in [4.78, 5) is 13.6. The molecule has 3 N–H and O–H groups in total. The van der Waals surface area contributed by atoms with Crippen LogP contribution in [0.3, 0.4) is 0 Å². The fourth-order valence-electron chi connectivity index (χ4n) is 1.93. The third kappa shape index (κ3) is 2.10. The highest BCUT2D eigenvalue weighted by Crippen LogP contribution is 2.19. The van der Waals surface area contributed by atoms with E-state index in [4.69, 9.17) is 10.2 Å². The predicted octanol–water partition coefficient (Wildman–Crippen LogP) is 0.263. The van der Waals surface area contributed by atoms with Gasteiger partial charge in [-0.25, -0.2) is 0 Å². The molecule has 2 heterocycles. The van der Waals surface area contributed by atoms with Crippen LogP contribution >= 0.6 is 0 Å². The van der Waals surface area contributed by atoms with Crippen LogP contribution in [0.25, 0.3) is 0 Å². The Morgan fingerprint density at radius 2 is 2.19 bits per heavy atom. The Morgan fingerprint density at radius 1 is 1.50 bits per heavy atom. The molecule has 5 heteroatoms. The molecule has 1 amide bonds. The second-order valence-corrected chi connectivity index (χ2v) is 4.06. The van der Waals surface area contributed by atoms with Crippen molar-refractivity contribution in [1.29, 1.82) is 0 Å². The number of furan rings is 1. The highest BCUT2D eigenvalue weighted by atomic mass is 16.3. The largest absolute Gasteiger partial charge is 0.472 e. The Bertz CT molecular complexity index is 344. The van der Waals surface area contributed by atoms with E-state index in [1.54, 1.807) is 11.0 Å². The first-order chi connectivity index (χ1) is 7.70. The zero-order valence-corrected chi connectivity index (χ0v) is 9.00. The minimum atomic E-state index is -0.994. The molecule has 88 valence electrons. The Balaban J connectivity index is 2.01. The molecule has 16 heavy (non-hydrogen) atoms. The van der Waals surface area contributed by atoms with Crippen molar-refractivity contribution in [3.8, 4) is 0 Å². The standard InChI is InChI=1S/C11H16N2O3/c12-9(10(14)8-3-6-16-7-8)11(15)13-4-1-2-5-13/h3,6-7,9-10,14H,1-2,4-5,12H2/t9-,10-/m0/s1. The fourth-order valence-corrected chi connectivity index (χ4v) is 1.93. The zero-order valence-electron chi connectivity index (χ0n) is 9.00. The molecule has 0 aliphatic carbocycles. The van der Waals surface area contributed by atoms with Crippen LogP contribution in [-0.2, 0) is 4.79 Å². The summed E-state index contributed by atoms with van der Waals surface area (Å²) in [5, 5.41) is 9.88. The number of amides is 1. The van der Waals surface area contributed by atoms with Crippen molar-refractivity contribution in [3.05, 3.63) is 24.2 Å². The normalized spacial score (nSPS) is 19.8. The van der Waals surface area contributed by atoms with Gasteiger partial charge in [-0.1, -0.05) is 0 Å². The Hall–Kier alpha value is -1.33. The maximum atomic E-state index is 11.9. The van der Waals surface area contributed by atoms with Crippen LogP contribution in [0.15, 0.2) is 23.0 Å². The van der Waals surface area contributed by atoms with E-state index in [1.807, 2.05) is 0 Å². The van der Waals surface area contributed by atoms with Crippen molar-refractivity contribution < 1.29 is 14.3 Å². The molecule has 0 bridgehead atoms. The average Bonchev–Trinajstić information content (AvgIpc) is 2.97. The first-order valence-electron chi connectivity index (χ1n) is 5.44. The molecule has 1 aliphatic heterocycles. The van der Waals surface area contributed by atoms with Crippen LogP contribution in [-0.4, -0.2) is 35.0 Å². The van der Waals surface area contributed by atoms with Gasteiger partial charge in [-0.2, -0.15) is 0 Å². The zero-order chi connectivity index (χ0) is 11.5. The second-order valence-electron chi connectivity index (χ2n) is 4.06. The minimum Gasteiger partial charge on any atom is -0.472 e. The van der Waals surface area contributed by atoms with Gasteiger partial charge in [0, 0.05) is 18.7 Å². The van der Waals surface area contributed by atoms with Gasteiger partial charge in [-0.15, -0.1) is 0 Å². The van der Waals surface area contributed by atoms with Crippen LogP contribution in [0.2, 0.25) is 0 Å². The fraction of sp³-hybridized carbons (Fsp3) is 0.545. The summed E-state index contributed by atoms with van der Waals surface area (Å²) in [6.45, 7) is 1.48. The summed E-state index contributed by atoms with van der Waals surface area (Å²) < 4.78 is 4.85. The van der Waals surface area contributed by atoms with Crippen LogP contribution in [0, 0.1) is 0 Å². The molecule has 2 rings (SSSR count). The van der Waals surface area contributed by atoms with E-state index in [0.717, 1.165) is 25.9 Å². The van der Waals surface area contributed by atoms with Crippen molar-refractivity contribution in [3.63, 3.8) is 0 Å². The van der Waals surface area contributed by atoms with Gasteiger partial charge in [0.2, 0.25) is 5.91 Å². The molecule has 0 spiro atoms. The molecule has 0 unspecified atom stereocenters. The Kier molecular flexibility index (Phi) is 3.26. The monoisotopic (exact) mass is 224 g/mol. The molecule has 1 fully saturated rings. The molecule has 0 saturated carbocycles. The van der Waals surface area contributed by atoms with E-state index in [2.05, 4.69) is 0 Å². The third-order valence-corrected chi connectivity index (χ3v) is 2.93. The number of carbonyl (C=O) groups excluding carboxylic acids is 1. The summed E-state index contributed by atoms with van der Waals surface area (Å²) in [6.07, 6.45) is 3.89. The van der Waals surface area contributed by atoms with Crippen LogP contribution in [0.5, 0.6) is 0 Å². The number of aliphatic hydroxyl groups is 1. The quantitative estimate of drug-likeness (QED) is 0.772. The maximum Gasteiger partial charge on any atom is 0.242 e. The Morgan fingerprint density at radius 3 is 2.75 bits per heavy atom. The highest BCUT2D eigenvalue weighted by molar-refractivity contribution is 5.82. The van der Waals surface area contributed by atoms with E-state index < -0.39 is 12.1 Å². The van der Waals surface area contributed by atoms with Crippen molar-refractivity contribution in [2.24, 2.45) is 5.73 Å². The number of nitrogens with two attached hydrogens (primary N) is 1. The lowest BCUT2D eigenvalue weighted by Gasteiger charge is -2.23. The summed E-state index contributed by atoms with van der Waals surface area (Å²) >= 11 is 0. The number of aliphatic hydroxyl groups excluding tert-OH is 1. The van der Waals surface area contributed by atoms with Crippen molar-refractivity contribution in [2.75, 3.05) is 13.1 Å². The molecular formula is C11H16N2O3. The van der Waals surface area contributed by atoms with Gasteiger partial charge < -0.3 is 20.2 Å². The number of nitrogens with zero attached hydrogens (tertiary/aromatic N) is 1. The van der Waals surface area contributed by atoms with Gasteiger partial charge in [0.05, 0.1) is 12.5 Å². The van der Waals surface area contributed by atoms with E-state index in [9.17, 15) is 9.90 Å². The van der Waals surface area contributed by atoms with Crippen molar-refractivity contribution in [2.45, 2.75) is 25.0 Å². The van der Waals surface area contributed by atoms with E-state index in [0.29, 0.717) is 5.56 Å². The lowest BCUT2D eigenvalue weighted by Crippen LogP contribution is -2.45. The van der Waals surface area contributed by atoms with Gasteiger partial charge >= 0.3 is 0 Å². The molecule has 0 radical (unpaired) electrons. The minimum absolute atomic E-state index is 0.189. The molecule has 5 nitrogen and oxygen atoms in total. The topological polar surface area (TPSA) is 79.7 Å². The highest BCUT2D eigenvalue weighted by Gasteiger charge is 2.30. The second kappa shape index (κ2) is 4.67. The van der Waals surface area contributed by atoms with E-state index in [1.165, 1.54) is 12.5 Å². The van der Waals surface area contributed by atoms with Crippen LogP contribution < -0.4 is 5.73 Å². The summed E-state index contributed by atoms with van der Waals surface area (Å²) in [5.41, 5.74) is 6.29. The smallest absolute Gasteiger partial charge is 0.242 e. The number of rotatable bonds is 3. The lowest BCUT2D eigenvalue weighted by atomic mass is 10.1. The lowest BCUT2D eigenvalue weighted by molar-refractivity contribution is -0.134. The van der Waals surface area contributed by atoms with Crippen molar-refractivity contribution in [1.82, 2.24) is 4.90 Å². The number of hydrogen-bond acceptors (Lipinski definition) is 4. The van der Waals surface area contributed by atoms with Crippen LogP contribution in [0.1, 0.15) is 24.5 Å². The van der Waals surface area contributed by atoms with Gasteiger partial charge in [-0.3, -0.25) is 4.79 Å². The van der Waals surface area contributed by atoms with Gasteiger partial charge in [0.25, 0.3) is 0 Å². The molecule has 1 saturated heterocycles. The number of hydrogen-bond donors (Lipinski definition) is 2. The van der Waals surface area contributed by atoms with Crippen molar-refractivity contribution >= 4 is 5.91 Å². The predicted molar refractivity (Wildman–Crippen MR) is 57.5 cm³/mol. The molecule has 1 aromatic rings. The van der Waals surface area contributed by atoms with Gasteiger partial charge in [-0.05, 0) is 18.9 Å². The molecule has 0 aromatic carbocycles. The van der Waals surface area contributed by atoms with Crippen LogP contribution in [0.4, 0.5) is 0 Å². The van der Waals surface area contributed by atoms with E-state index >= 15 is 0 Å². The van der Waals surface area contributed by atoms with E-state index in [-0.39, 0.29) is 5.91 Å². The summed E-state index contributed by atoms with van der Waals surface area (Å²) in [6, 6.07) is 0.706. The van der Waals surface area contributed by atoms with Gasteiger partial charge in [0.1, 0.15) is 12.1 Å². The first kappa shape index (κ1) is 11.2. The average molecular weight is 224 g/mol. The number of carbonyl (C=O) groups is 1. The summed E-state index contributed by atoms with van der Waals surface area (Å²) in [7, 11) is 0. The number of likely N-dealkylation sites (tertiary alicyclic amines) is 1. The summed E-state index contributed by atoms with van der Waals surface area (Å²) in [5.74, 6) is -0.189. The molecule has 1 aromatic heterocycles.